The summed E-state index contributed by atoms with van der Waals surface area (Å²) in [6, 6.07) is 18.6. The molecule has 0 atom stereocenters. The fourth-order valence-electron chi connectivity index (χ4n) is 3.53. The Morgan fingerprint density at radius 3 is 2.25 bits per heavy atom. The molecule has 4 rings (SSSR count). The SMILES string of the molecule is CC1(C)c2ccccc2-c2c1cc(O)c1ccccc21. The molecule has 3 aromatic rings. The zero-order valence-corrected chi connectivity index (χ0v) is 11.6. The summed E-state index contributed by atoms with van der Waals surface area (Å²) in [4.78, 5) is 0. The van der Waals surface area contributed by atoms with E-state index in [2.05, 4.69) is 44.2 Å². The Morgan fingerprint density at radius 2 is 1.45 bits per heavy atom. The van der Waals surface area contributed by atoms with Gasteiger partial charge in [0.05, 0.1) is 0 Å². The molecular weight excluding hydrogens is 244 g/mol. The van der Waals surface area contributed by atoms with Crippen LogP contribution in [0.4, 0.5) is 0 Å². The quantitative estimate of drug-likeness (QED) is 0.612. The summed E-state index contributed by atoms with van der Waals surface area (Å²) in [5.74, 6) is 0.375. The first-order valence-electron chi connectivity index (χ1n) is 6.96. The van der Waals surface area contributed by atoms with Crippen LogP contribution in [0.5, 0.6) is 5.75 Å². The highest BCUT2D eigenvalue weighted by Gasteiger charge is 2.36. The molecule has 0 bridgehead atoms. The van der Waals surface area contributed by atoms with Crippen molar-refractivity contribution in [2.24, 2.45) is 0 Å². The fourth-order valence-corrected chi connectivity index (χ4v) is 3.53. The molecule has 0 saturated heterocycles. The van der Waals surface area contributed by atoms with Crippen LogP contribution in [-0.4, -0.2) is 5.11 Å². The zero-order valence-electron chi connectivity index (χ0n) is 11.6. The normalized spacial score (nSPS) is 15.1. The Bertz CT molecular complexity index is 844. The van der Waals surface area contributed by atoms with Crippen LogP contribution in [-0.2, 0) is 5.41 Å². The second kappa shape index (κ2) is 3.63. The van der Waals surface area contributed by atoms with Gasteiger partial charge in [-0.1, -0.05) is 62.4 Å². The molecule has 98 valence electrons. The van der Waals surface area contributed by atoms with Crippen LogP contribution in [0.15, 0.2) is 54.6 Å². The van der Waals surface area contributed by atoms with Crippen LogP contribution in [0.2, 0.25) is 0 Å². The Labute approximate surface area is 118 Å². The van der Waals surface area contributed by atoms with Crippen LogP contribution in [0.25, 0.3) is 21.9 Å². The van der Waals surface area contributed by atoms with Gasteiger partial charge in [0.2, 0.25) is 0 Å². The summed E-state index contributed by atoms with van der Waals surface area (Å²) in [6.45, 7) is 4.46. The maximum atomic E-state index is 10.3. The Kier molecular flexibility index (Phi) is 2.10. The van der Waals surface area contributed by atoms with E-state index in [1.54, 1.807) is 0 Å². The van der Waals surface area contributed by atoms with Crippen molar-refractivity contribution in [3.63, 3.8) is 0 Å². The Hall–Kier alpha value is -2.28. The predicted molar refractivity (Wildman–Crippen MR) is 83.2 cm³/mol. The third-order valence-corrected chi connectivity index (χ3v) is 4.57. The maximum Gasteiger partial charge on any atom is 0.123 e. The first-order valence-corrected chi connectivity index (χ1v) is 6.96. The van der Waals surface area contributed by atoms with Crippen LogP contribution in [0, 0.1) is 0 Å². The molecule has 0 radical (unpaired) electrons. The van der Waals surface area contributed by atoms with Gasteiger partial charge >= 0.3 is 0 Å². The standard InChI is InChI=1S/C19H16O/c1-19(2)15-10-6-5-9-14(15)18-13-8-4-3-7-12(13)17(20)11-16(18)19/h3-11,20H,1-2H3. The van der Waals surface area contributed by atoms with E-state index in [1.807, 2.05) is 24.3 Å². The van der Waals surface area contributed by atoms with Gasteiger partial charge in [-0.2, -0.15) is 0 Å². The number of phenolic OH excluding ortho intramolecular Hbond substituents is 1. The molecule has 0 saturated carbocycles. The summed E-state index contributed by atoms with van der Waals surface area (Å²) in [5, 5.41) is 12.4. The second-order valence-corrected chi connectivity index (χ2v) is 6.03. The number of phenols is 1. The highest BCUT2D eigenvalue weighted by atomic mass is 16.3. The third kappa shape index (κ3) is 1.27. The van der Waals surface area contributed by atoms with Gasteiger partial charge in [-0.25, -0.2) is 0 Å². The van der Waals surface area contributed by atoms with Crippen molar-refractivity contribution >= 4 is 10.8 Å². The topological polar surface area (TPSA) is 20.2 Å². The number of hydrogen-bond donors (Lipinski definition) is 1. The molecule has 1 nitrogen and oxygen atoms in total. The lowest BCUT2D eigenvalue weighted by atomic mass is 9.82. The molecule has 3 aromatic carbocycles. The van der Waals surface area contributed by atoms with Crippen molar-refractivity contribution in [1.29, 1.82) is 0 Å². The Balaban J connectivity index is 2.25. The molecule has 1 N–H and O–H groups in total. The van der Waals surface area contributed by atoms with Crippen molar-refractivity contribution in [1.82, 2.24) is 0 Å². The van der Waals surface area contributed by atoms with Gasteiger partial charge in [0.15, 0.2) is 0 Å². The molecule has 0 fully saturated rings. The highest BCUT2D eigenvalue weighted by molar-refractivity contribution is 6.04. The average Bonchev–Trinajstić information content (AvgIpc) is 2.69. The minimum atomic E-state index is -0.0621. The van der Waals surface area contributed by atoms with E-state index in [4.69, 9.17) is 0 Å². The molecule has 0 spiro atoms. The summed E-state index contributed by atoms with van der Waals surface area (Å²) < 4.78 is 0. The van der Waals surface area contributed by atoms with Crippen LogP contribution in [0.3, 0.4) is 0 Å². The molecule has 0 heterocycles. The predicted octanol–water partition coefficient (Wildman–Crippen LogP) is 4.85. The molecule has 20 heavy (non-hydrogen) atoms. The second-order valence-electron chi connectivity index (χ2n) is 6.03. The van der Waals surface area contributed by atoms with Gasteiger partial charge in [0.25, 0.3) is 0 Å². The minimum absolute atomic E-state index is 0.0621. The zero-order chi connectivity index (χ0) is 13.9. The van der Waals surface area contributed by atoms with Crippen molar-refractivity contribution in [2.75, 3.05) is 0 Å². The largest absolute Gasteiger partial charge is 0.507 e. The van der Waals surface area contributed by atoms with Crippen molar-refractivity contribution < 1.29 is 5.11 Å². The lowest BCUT2D eigenvalue weighted by Crippen LogP contribution is -2.14. The molecule has 1 aliphatic carbocycles. The van der Waals surface area contributed by atoms with Crippen LogP contribution in [0.1, 0.15) is 25.0 Å². The van der Waals surface area contributed by atoms with E-state index in [0.717, 1.165) is 10.8 Å². The van der Waals surface area contributed by atoms with E-state index in [1.165, 1.54) is 22.3 Å². The Morgan fingerprint density at radius 1 is 0.800 bits per heavy atom. The number of aromatic hydroxyl groups is 1. The summed E-state index contributed by atoms with van der Waals surface area (Å²) in [5.41, 5.74) is 5.07. The maximum absolute atomic E-state index is 10.3. The smallest absolute Gasteiger partial charge is 0.123 e. The third-order valence-electron chi connectivity index (χ3n) is 4.57. The van der Waals surface area contributed by atoms with Crippen LogP contribution < -0.4 is 0 Å². The van der Waals surface area contributed by atoms with Crippen molar-refractivity contribution in [2.45, 2.75) is 19.3 Å². The minimum Gasteiger partial charge on any atom is -0.507 e. The monoisotopic (exact) mass is 260 g/mol. The van der Waals surface area contributed by atoms with Crippen molar-refractivity contribution in [3.8, 4) is 16.9 Å². The molecule has 0 aliphatic heterocycles. The van der Waals surface area contributed by atoms with Gasteiger partial charge in [-0.05, 0) is 33.7 Å². The number of benzene rings is 3. The lowest BCUT2D eigenvalue weighted by Gasteiger charge is -2.21. The molecule has 1 heteroatoms. The summed E-state index contributed by atoms with van der Waals surface area (Å²) in [6.07, 6.45) is 0. The lowest BCUT2D eigenvalue weighted by molar-refractivity contribution is 0.479. The first-order chi connectivity index (χ1) is 9.60. The average molecular weight is 260 g/mol. The van der Waals surface area contributed by atoms with Gasteiger partial charge in [0.1, 0.15) is 5.75 Å². The van der Waals surface area contributed by atoms with Crippen molar-refractivity contribution in [3.05, 3.63) is 65.7 Å². The van der Waals surface area contributed by atoms with E-state index >= 15 is 0 Å². The first kappa shape index (κ1) is 11.5. The van der Waals surface area contributed by atoms with Crippen LogP contribution >= 0.6 is 0 Å². The van der Waals surface area contributed by atoms with E-state index < -0.39 is 0 Å². The summed E-state index contributed by atoms with van der Waals surface area (Å²) >= 11 is 0. The summed E-state index contributed by atoms with van der Waals surface area (Å²) in [7, 11) is 0. The fraction of sp³-hybridized carbons (Fsp3) is 0.158. The highest BCUT2D eigenvalue weighted by Crippen LogP contribution is 2.52. The van der Waals surface area contributed by atoms with E-state index in [-0.39, 0.29) is 5.41 Å². The van der Waals surface area contributed by atoms with Gasteiger partial charge in [0, 0.05) is 10.8 Å². The molecule has 0 unspecified atom stereocenters. The van der Waals surface area contributed by atoms with Gasteiger partial charge in [-0.15, -0.1) is 0 Å². The molecular formula is C19H16O. The van der Waals surface area contributed by atoms with E-state index in [9.17, 15) is 5.11 Å². The van der Waals surface area contributed by atoms with Gasteiger partial charge in [-0.3, -0.25) is 0 Å². The molecule has 1 aliphatic rings. The number of fused-ring (bicyclic) bond motifs is 5. The molecule has 0 amide bonds. The van der Waals surface area contributed by atoms with E-state index in [0.29, 0.717) is 5.75 Å². The number of hydrogen-bond acceptors (Lipinski definition) is 1. The number of rotatable bonds is 0. The molecule has 0 aromatic heterocycles. The van der Waals surface area contributed by atoms with Gasteiger partial charge < -0.3 is 5.11 Å².